The Morgan fingerprint density at radius 3 is 2.69 bits per heavy atom. The van der Waals surface area contributed by atoms with Crippen molar-refractivity contribution in [2.75, 3.05) is 5.73 Å². The van der Waals surface area contributed by atoms with E-state index in [1.165, 1.54) is 12.1 Å². The predicted molar refractivity (Wildman–Crippen MR) is 52.2 cm³/mol. The van der Waals surface area contributed by atoms with E-state index in [0.29, 0.717) is 22.7 Å². The van der Waals surface area contributed by atoms with Crippen LogP contribution in [0.2, 0.25) is 5.02 Å². The summed E-state index contributed by atoms with van der Waals surface area (Å²) in [5.74, 6) is -0.973. The highest BCUT2D eigenvalue weighted by atomic mass is 35.5. The van der Waals surface area contributed by atoms with Gasteiger partial charge in [0, 0.05) is 0 Å². The molecule has 0 saturated heterocycles. The molecule has 0 fully saturated rings. The van der Waals surface area contributed by atoms with Crippen LogP contribution in [-0.2, 0) is 6.42 Å². The molecule has 3 N–H and O–H groups in total. The molecule has 3 nitrogen and oxygen atoms in total. The molecule has 0 atom stereocenters. The fraction of sp³-hybridized carbons (Fsp3) is 0.222. The minimum Gasteiger partial charge on any atom is -0.478 e. The molecule has 0 saturated carbocycles. The molecule has 0 aromatic heterocycles. The minimum absolute atomic E-state index is 0.224. The lowest BCUT2D eigenvalue weighted by molar-refractivity contribution is 0.0696. The van der Waals surface area contributed by atoms with E-state index in [1.807, 2.05) is 6.92 Å². The number of hydrogen-bond acceptors (Lipinski definition) is 2. The molecule has 4 heteroatoms. The first-order valence-corrected chi connectivity index (χ1v) is 4.25. The van der Waals surface area contributed by atoms with Crippen LogP contribution in [0.25, 0.3) is 0 Å². The Morgan fingerprint density at radius 1 is 1.62 bits per heavy atom. The van der Waals surface area contributed by atoms with Crippen molar-refractivity contribution < 1.29 is 9.90 Å². The van der Waals surface area contributed by atoms with Crippen molar-refractivity contribution in [3.63, 3.8) is 0 Å². The fourth-order valence-corrected chi connectivity index (χ4v) is 1.48. The number of carbonyl (C=O) groups is 1. The summed E-state index contributed by atoms with van der Waals surface area (Å²) in [6, 6.07) is 2.98. The van der Waals surface area contributed by atoms with E-state index in [0.717, 1.165) is 0 Å². The van der Waals surface area contributed by atoms with Crippen LogP contribution in [0.3, 0.4) is 0 Å². The standard InChI is InChI=1S/C9H10ClNO2/c1-2-5-6(9(12)13)3-4-7(11)8(5)10/h3-4H,2,11H2,1H3,(H,12,13). The summed E-state index contributed by atoms with van der Waals surface area (Å²) in [6.07, 6.45) is 0.561. The lowest BCUT2D eigenvalue weighted by Gasteiger charge is -2.07. The molecule has 13 heavy (non-hydrogen) atoms. The monoisotopic (exact) mass is 199 g/mol. The molecular formula is C9H10ClNO2. The number of benzene rings is 1. The van der Waals surface area contributed by atoms with Gasteiger partial charge in [-0.05, 0) is 24.1 Å². The second-order valence-corrected chi connectivity index (χ2v) is 3.03. The second-order valence-electron chi connectivity index (χ2n) is 2.65. The Morgan fingerprint density at radius 2 is 2.23 bits per heavy atom. The van der Waals surface area contributed by atoms with Crippen molar-refractivity contribution in [1.29, 1.82) is 0 Å². The van der Waals surface area contributed by atoms with E-state index in [4.69, 9.17) is 22.4 Å². The number of nitrogens with two attached hydrogens (primary N) is 1. The zero-order valence-electron chi connectivity index (χ0n) is 7.17. The molecule has 0 aliphatic rings. The third-order valence-electron chi connectivity index (χ3n) is 1.86. The maximum atomic E-state index is 10.7. The van der Waals surface area contributed by atoms with Crippen LogP contribution in [0.5, 0.6) is 0 Å². The smallest absolute Gasteiger partial charge is 0.336 e. The summed E-state index contributed by atoms with van der Waals surface area (Å²) >= 11 is 5.85. The Balaban J connectivity index is 3.38. The molecule has 70 valence electrons. The molecule has 1 aromatic rings. The van der Waals surface area contributed by atoms with Crippen LogP contribution in [0.1, 0.15) is 22.8 Å². The zero-order chi connectivity index (χ0) is 10.0. The van der Waals surface area contributed by atoms with E-state index in [9.17, 15) is 4.79 Å². The zero-order valence-corrected chi connectivity index (χ0v) is 7.93. The van der Waals surface area contributed by atoms with Gasteiger partial charge in [-0.15, -0.1) is 0 Å². The maximum absolute atomic E-state index is 10.7. The Bertz CT molecular complexity index is 350. The number of hydrogen-bond donors (Lipinski definition) is 2. The third kappa shape index (κ3) is 1.75. The van der Waals surface area contributed by atoms with Gasteiger partial charge in [-0.25, -0.2) is 4.79 Å². The summed E-state index contributed by atoms with van der Waals surface area (Å²) in [6.45, 7) is 1.84. The lowest BCUT2D eigenvalue weighted by Crippen LogP contribution is -2.03. The van der Waals surface area contributed by atoms with E-state index >= 15 is 0 Å². The lowest BCUT2D eigenvalue weighted by atomic mass is 10.0. The number of carboxylic acids is 1. The van der Waals surface area contributed by atoms with Crippen LogP contribution in [0.15, 0.2) is 12.1 Å². The molecule has 0 amide bonds. The van der Waals surface area contributed by atoms with Gasteiger partial charge in [-0.2, -0.15) is 0 Å². The van der Waals surface area contributed by atoms with Crippen LogP contribution in [0.4, 0.5) is 5.69 Å². The summed E-state index contributed by atoms with van der Waals surface area (Å²) in [5.41, 5.74) is 6.78. The molecule has 0 bridgehead atoms. The van der Waals surface area contributed by atoms with Crippen molar-refractivity contribution >= 4 is 23.3 Å². The van der Waals surface area contributed by atoms with E-state index in [1.54, 1.807) is 0 Å². The summed E-state index contributed by atoms with van der Waals surface area (Å²) in [5, 5.41) is 9.16. The minimum atomic E-state index is -0.973. The molecule has 0 spiro atoms. The van der Waals surface area contributed by atoms with Crippen molar-refractivity contribution in [2.24, 2.45) is 0 Å². The van der Waals surface area contributed by atoms with Gasteiger partial charge in [0.05, 0.1) is 16.3 Å². The Kier molecular flexibility index (Phi) is 2.78. The van der Waals surface area contributed by atoms with Gasteiger partial charge < -0.3 is 10.8 Å². The van der Waals surface area contributed by atoms with Gasteiger partial charge in [0.1, 0.15) is 0 Å². The predicted octanol–water partition coefficient (Wildman–Crippen LogP) is 2.18. The highest BCUT2D eigenvalue weighted by Crippen LogP contribution is 2.26. The van der Waals surface area contributed by atoms with Crippen molar-refractivity contribution in [1.82, 2.24) is 0 Å². The number of rotatable bonds is 2. The van der Waals surface area contributed by atoms with Gasteiger partial charge in [-0.3, -0.25) is 0 Å². The van der Waals surface area contributed by atoms with E-state index < -0.39 is 5.97 Å². The SMILES string of the molecule is CCc1c(C(=O)O)ccc(N)c1Cl. The van der Waals surface area contributed by atoms with Crippen LogP contribution < -0.4 is 5.73 Å². The fourth-order valence-electron chi connectivity index (χ4n) is 1.19. The molecule has 0 aliphatic carbocycles. The first-order chi connectivity index (χ1) is 6.07. The number of halogens is 1. The number of carboxylic acid groups (broad SMARTS) is 1. The number of anilines is 1. The largest absolute Gasteiger partial charge is 0.478 e. The quantitative estimate of drug-likeness (QED) is 0.718. The summed E-state index contributed by atoms with van der Waals surface area (Å²) in [4.78, 5) is 10.7. The van der Waals surface area contributed by atoms with Crippen molar-refractivity contribution in [2.45, 2.75) is 13.3 Å². The van der Waals surface area contributed by atoms with Crippen molar-refractivity contribution in [3.05, 3.63) is 28.3 Å². The normalized spacial score (nSPS) is 10.0. The first kappa shape index (κ1) is 9.86. The van der Waals surface area contributed by atoms with Gasteiger partial charge in [-0.1, -0.05) is 18.5 Å². The second kappa shape index (κ2) is 3.66. The molecule has 0 unspecified atom stereocenters. The summed E-state index contributed by atoms with van der Waals surface area (Å²) in [7, 11) is 0. The summed E-state index contributed by atoms with van der Waals surface area (Å²) < 4.78 is 0. The molecular weight excluding hydrogens is 190 g/mol. The van der Waals surface area contributed by atoms with Crippen LogP contribution in [0, 0.1) is 0 Å². The average Bonchev–Trinajstić information content (AvgIpc) is 2.09. The molecule has 0 radical (unpaired) electrons. The molecule has 1 aromatic carbocycles. The van der Waals surface area contributed by atoms with Crippen LogP contribution >= 0.6 is 11.6 Å². The maximum Gasteiger partial charge on any atom is 0.336 e. The van der Waals surface area contributed by atoms with Gasteiger partial charge >= 0.3 is 5.97 Å². The molecule has 1 rings (SSSR count). The van der Waals surface area contributed by atoms with Crippen LogP contribution in [-0.4, -0.2) is 11.1 Å². The number of aromatic carboxylic acids is 1. The first-order valence-electron chi connectivity index (χ1n) is 3.88. The Labute approximate surface area is 81.1 Å². The topological polar surface area (TPSA) is 63.3 Å². The highest BCUT2D eigenvalue weighted by molar-refractivity contribution is 6.34. The highest BCUT2D eigenvalue weighted by Gasteiger charge is 2.13. The third-order valence-corrected chi connectivity index (χ3v) is 2.30. The van der Waals surface area contributed by atoms with Gasteiger partial charge in [0.25, 0.3) is 0 Å². The molecule has 0 heterocycles. The van der Waals surface area contributed by atoms with E-state index in [-0.39, 0.29) is 5.56 Å². The van der Waals surface area contributed by atoms with Gasteiger partial charge in [0.15, 0.2) is 0 Å². The number of nitrogen functional groups attached to an aromatic ring is 1. The average molecular weight is 200 g/mol. The van der Waals surface area contributed by atoms with Crippen molar-refractivity contribution in [3.8, 4) is 0 Å². The van der Waals surface area contributed by atoms with Gasteiger partial charge in [0.2, 0.25) is 0 Å². The Hall–Kier alpha value is -1.22. The van der Waals surface area contributed by atoms with E-state index in [2.05, 4.69) is 0 Å². The molecule has 0 aliphatic heterocycles.